The number of ketones is 1. The van der Waals surface area contributed by atoms with Crippen LogP contribution in [0.5, 0.6) is 5.75 Å². The van der Waals surface area contributed by atoms with Gasteiger partial charge in [-0.1, -0.05) is 36.4 Å². The Kier molecular flexibility index (Phi) is 7.18. The first kappa shape index (κ1) is 24.4. The van der Waals surface area contributed by atoms with E-state index >= 15 is 0 Å². The number of hydrogen-bond acceptors (Lipinski definition) is 6. The maximum atomic E-state index is 12.8. The molecule has 1 aliphatic carbocycles. The normalized spacial score (nSPS) is 16.7. The number of imidazole rings is 1. The molecule has 4 aromatic rings. The molecule has 6 rings (SSSR count). The number of aromatic nitrogens is 3. The van der Waals surface area contributed by atoms with Gasteiger partial charge >= 0.3 is 0 Å². The van der Waals surface area contributed by atoms with Gasteiger partial charge in [-0.2, -0.15) is 0 Å². The predicted octanol–water partition coefficient (Wildman–Crippen LogP) is 4.94. The maximum Gasteiger partial charge on any atom is 0.163 e. The van der Waals surface area contributed by atoms with Gasteiger partial charge in [-0.05, 0) is 48.2 Å². The van der Waals surface area contributed by atoms with Crippen LogP contribution in [0.1, 0.15) is 46.0 Å². The fourth-order valence-electron chi connectivity index (χ4n) is 5.58. The van der Waals surface area contributed by atoms with Crippen molar-refractivity contribution in [2.75, 3.05) is 31.1 Å². The Bertz CT molecular complexity index is 1350. The van der Waals surface area contributed by atoms with E-state index in [2.05, 4.69) is 42.5 Å². The van der Waals surface area contributed by atoms with Crippen LogP contribution in [0.2, 0.25) is 0 Å². The fourth-order valence-corrected chi connectivity index (χ4v) is 5.58. The summed E-state index contributed by atoms with van der Waals surface area (Å²) in [6, 6.07) is 20.4. The quantitative estimate of drug-likeness (QED) is 0.337. The van der Waals surface area contributed by atoms with Crippen molar-refractivity contribution < 1.29 is 9.53 Å². The molecular weight excluding hydrogens is 474 g/mol. The number of piperazine rings is 1. The molecule has 38 heavy (non-hydrogen) atoms. The number of carbonyl (C=O) groups excluding carboxylic acids is 1. The monoisotopic (exact) mass is 507 g/mol. The van der Waals surface area contributed by atoms with Crippen molar-refractivity contribution in [2.45, 2.75) is 38.5 Å². The Morgan fingerprint density at radius 1 is 0.895 bits per heavy atom. The van der Waals surface area contributed by atoms with Crippen molar-refractivity contribution >= 4 is 11.6 Å². The molecule has 1 atom stereocenters. The summed E-state index contributed by atoms with van der Waals surface area (Å²) in [7, 11) is 0. The zero-order valence-corrected chi connectivity index (χ0v) is 21.6. The molecule has 1 unspecified atom stereocenters. The number of rotatable bonds is 8. The second-order valence-corrected chi connectivity index (χ2v) is 10.1. The molecule has 194 valence electrons. The highest BCUT2D eigenvalue weighted by Gasteiger charge is 2.27. The molecule has 7 heteroatoms. The number of carbonyl (C=O) groups is 1. The first-order valence-electron chi connectivity index (χ1n) is 13.5. The van der Waals surface area contributed by atoms with Gasteiger partial charge in [-0.25, -0.2) is 9.97 Å². The highest BCUT2D eigenvalue weighted by Crippen LogP contribution is 2.35. The summed E-state index contributed by atoms with van der Waals surface area (Å²) in [5.74, 6) is 2.15. The van der Waals surface area contributed by atoms with Crippen LogP contribution in [-0.2, 0) is 19.5 Å². The third-order valence-corrected chi connectivity index (χ3v) is 7.62. The molecule has 2 aromatic carbocycles. The van der Waals surface area contributed by atoms with Gasteiger partial charge in [-0.3, -0.25) is 9.69 Å². The zero-order chi connectivity index (χ0) is 25.7. The lowest BCUT2D eigenvalue weighted by molar-refractivity contribution is 0.0971. The Morgan fingerprint density at radius 3 is 2.50 bits per heavy atom. The van der Waals surface area contributed by atoms with E-state index in [1.807, 2.05) is 61.2 Å². The minimum atomic E-state index is -0.178. The zero-order valence-electron chi connectivity index (χ0n) is 21.6. The molecule has 0 saturated carbocycles. The van der Waals surface area contributed by atoms with E-state index in [1.54, 1.807) is 6.20 Å². The van der Waals surface area contributed by atoms with Crippen molar-refractivity contribution in [1.82, 2.24) is 19.4 Å². The number of ether oxygens (including phenoxy) is 1. The Hall–Kier alpha value is -3.97. The van der Waals surface area contributed by atoms with Crippen LogP contribution in [0.3, 0.4) is 0 Å². The van der Waals surface area contributed by atoms with Gasteiger partial charge in [0.1, 0.15) is 17.7 Å². The molecule has 0 bridgehead atoms. The fraction of sp³-hybridized carbons (Fsp3) is 0.323. The third kappa shape index (κ3) is 5.34. The summed E-state index contributed by atoms with van der Waals surface area (Å²) >= 11 is 0. The number of anilines is 1. The summed E-state index contributed by atoms with van der Waals surface area (Å²) in [5, 5.41) is 0. The average molecular weight is 508 g/mol. The molecule has 0 radical (unpaired) electrons. The molecule has 1 saturated heterocycles. The highest BCUT2D eigenvalue weighted by molar-refractivity contribution is 5.99. The third-order valence-electron chi connectivity index (χ3n) is 7.62. The van der Waals surface area contributed by atoms with E-state index in [4.69, 9.17) is 4.74 Å². The summed E-state index contributed by atoms with van der Waals surface area (Å²) < 4.78 is 8.88. The topological polar surface area (TPSA) is 63.5 Å². The minimum Gasteiger partial charge on any atom is -0.484 e. The molecular formula is C31H33N5O2. The molecule has 0 amide bonds. The predicted molar refractivity (Wildman–Crippen MR) is 147 cm³/mol. The van der Waals surface area contributed by atoms with E-state index in [9.17, 15) is 4.79 Å². The second kappa shape index (κ2) is 11.2. The number of nitrogens with zero attached hydrogens (tertiary/aromatic N) is 5. The van der Waals surface area contributed by atoms with Crippen LogP contribution in [-0.4, -0.2) is 51.4 Å². The Morgan fingerprint density at radius 2 is 1.74 bits per heavy atom. The Balaban J connectivity index is 1.28. The number of fused-ring (bicyclic) bond motifs is 1. The highest BCUT2D eigenvalue weighted by atomic mass is 16.5. The van der Waals surface area contributed by atoms with Crippen molar-refractivity contribution in [3.8, 4) is 5.75 Å². The maximum absolute atomic E-state index is 12.8. The molecule has 0 spiro atoms. The first-order chi connectivity index (χ1) is 18.7. The lowest BCUT2D eigenvalue weighted by atomic mass is 9.86. The van der Waals surface area contributed by atoms with Gasteiger partial charge in [0.2, 0.25) is 0 Å². The van der Waals surface area contributed by atoms with Crippen molar-refractivity contribution in [2.24, 2.45) is 0 Å². The lowest BCUT2D eigenvalue weighted by Crippen LogP contribution is -2.46. The number of benzene rings is 2. The first-order valence-corrected chi connectivity index (χ1v) is 13.5. The second-order valence-electron chi connectivity index (χ2n) is 10.1. The van der Waals surface area contributed by atoms with Crippen LogP contribution in [0.25, 0.3) is 0 Å². The SMILES string of the molecule is O=C1CCCc2c1ccc(OC(Cn1ccnc1)c1ccccc1)c2CN1CCN(c2ccccn2)CC1. The van der Waals surface area contributed by atoms with E-state index in [-0.39, 0.29) is 11.9 Å². The molecule has 2 aromatic heterocycles. The molecule has 7 nitrogen and oxygen atoms in total. The largest absolute Gasteiger partial charge is 0.484 e. The van der Waals surface area contributed by atoms with E-state index < -0.39 is 0 Å². The van der Waals surface area contributed by atoms with E-state index in [0.717, 1.165) is 73.8 Å². The van der Waals surface area contributed by atoms with Crippen LogP contribution < -0.4 is 9.64 Å². The lowest BCUT2D eigenvalue weighted by Gasteiger charge is -2.36. The summed E-state index contributed by atoms with van der Waals surface area (Å²) in [5.41, 5.74) is 4.32. The van der Waals surface area contributed by atoms with Crippen molar-refractivity contribution in [1.29, 1.82) is 0 Å². The summed E-state index contributed by atoms with van der Waals surface area (Å²) in [6.07, 6.45) is 9.70. The van der Waals surface area contributed by atoms with Gasteiger partial charge < -0.3 is 14.2 Å². The van der Waals surface area contributed by atoms with Crippen molar-refractivity contribution in [3.63, 3.8) is 0 Å². The van der Waals surface area contributed by atoms with Gasteiger partial charge in [-0.15, -0.1) is 0 Å². The standard InChI is InChI=1S/C31H33N5O2/c37-28-10-6-9-25-26(28)12-13-29(38-30(22-35-16-15-32-23-35)24-7-2-1-3-8-24)27(25)21-34-17-19-36(20-18-34)31-11-4-5-14-33-31/h1-5,7-8,11-16,23,30H,6,9-10,17-22H2. The number of Topliss-reactive ketones (excluding diaryl/α,β-unsaturated/α-hetero) is 1. The van der Waals surface area contributed by atoms with Crippen LogP contribution >= 0.6 is 0 Å². The minimum absolute atomic E-state index is 0.178. The summed E-state index contributed by atoms with van der Waals surface area (Å²) in [4.78, 5) is 26.4. The molecule has 1 aliphatic heterocycles. The van der Waals surface area contributed by atoms with Crippen LogP contribution in [0.15, 0.2) is 85.6 Å². The average Bonchev–Trinajstić information content (AvgIpc) is 3.49. The van der Waals surface area contributed by atoms with Gasteiger partial charge in [0.05, 0.1) is 12.9 Å². The number of pyridine rings is 1. The molecule has 0 N–H and O–H groups in total. The van der Waals surface area contributed by atoms with E-state index in [0.29, 0.717) is 13.0 Å². The van der Waals surface area contributed by atoms with E-state index in [1.165, 1.54) is 5.56 Å². The smallest absolute Gasteiger partial charge is 0.163 e. The molecule has 3 heterocycles. The van der Waals surface area contributed by atoms with Crippen LogP contribution in [0.4, 0.5) is 5.82 Å². The number of hydrogen-bond donors (Lipinski definition) is 0. The van der Waals surface area contributed by atoms with Gasteiger partial charge in [0.15, 0.2) is 5.78 Å². The Labute approximate surface area is 223 Å². The molecule has 1 fully saturated rings. The summed E-state index contributed by atoms with van der Waals surface area (Å²) in [6.45, 7) is 5.15. The van der Waals surface area contributed by atoms with Gasteiger partial charge in [0.25, 0.3) is 0 Å². The molecule has 2 aliphatic rings. The van der Waals surface area contributed by atoms with Crippen molar-refractivity contribution in [3.05, 3.63) is 108 Å². The van der Waals surface area contributed by atoms with Crippen LogP contribution in [0, 0.1) is 0 Å². The van der Waals surface area contributed by atoms with Gasteiger partial charge in [0, 0.05) is 68.9 Å².